The Balaban J connectivity index is 1.86. The standard InChI is InChI=1S/C13H18N2O/c1-10-2-4-11(5-3-10)6-13(16)15-8-12(7-14)9-15/h2-5,12H,6-9,14H2,1H3. The van der Waals surface area contributed by atoms with Gasteiger partial charge in [0.1, 0.15) is 0 Å². The summed E-state index contributed by atoms with van der Waals surface area (Å²) >= 11 is 0. The van der Waals surface area contributed by atoms with Gasteiger partial charge in [0, 0.05) is 19.0 Å². The molecule has 3 nitrogen and oxygen atoms in total. The molecule has 1 aliphatic rings. The lowest BCUT2D eigenvalue weighted by Gasteiger charge is -2.38. The van der Waals surface area contributed by atoms with Gasteiger partial charge in [-0.25, -0.2) is 0 Å². The number of benzene rings is 1. The van der Waals surface area contributed by atoms with Crippen LogP contribution in [0.15, 0.2) is 24.3 Å². The number of hydrogen-bond acceptors (Lipinski definition) is 2. The Kier molecular flexibility index (Phi) is 3.25. The van der Waals surface area contributed by atoms with Crippen molar-refractivity contribution in [2.45, 2.75) is 13.3 Å². The van der Waals surface area contributed by atoms with E-state index in [4.69, 9.17) is 5.73 Å². The van der Waals surface area contributed by atoms with Gasteiger partial charge in [0.2, 0.25) is 5.91 Å². The third kappa shape index (κ3) is 2.42. The fourth-order valence-corrected chi connectivity index (χ4v) is 1.91. The first kappa shape index (κ1) is 11.1. The van der Waals surface area contributed by atoms with Crippen LogP contribution < -0.4 is 5.73 Å². The molecule has 86 valence electrons. The second-order valence-electron chi connectivity index (χ2n) is 4.56. The summed E-state index contributed by atoms with van der Waals surface area (Å²) in [5.41, 5.74) is 7.84. The minimum Gasteiger partial charge on any atom is -0.342 e. The van der Waals surface area contributed by atoms with Gasteiger partial charge in [-0.1, -0.05) is 29.8 Å². The Hall–Kier alpha value is -1.35. The molecule has 0 saturated carbocycles. The molecule has 0 bridgehead atoms. The highest BCUT2D eigenvalue weighted by Gasteiger charge is 2.28. The Morgan fingerprint density at radius 2 is 2.00 bits per heavy atom. The lowest BCUT2D eigenvalue weighted by atomic mass is 9.99. The Morgan fingerprint density at radius 3 is 2.56 bits per heavy atom. The summed E-state index contributed by atoms with van der Waals surface area (Å²) in [5.74, 6) is 0.732. The minimum atomic E-state index is 0.216. The number of amides is 1. The van der Waals surface area contributed by atoms with E-state index in [1.165, 1.54) is 5.56 Å². The summed E-state index contributed by atoms with van der Waals surface area (Å²) in [5, 5.41) is 0. The maximum absolute atomic E-state index is 11.8. The van der Waals surface area contributed by atoms with E-state index in [2.05, 4.69) is 0 Å². The zero-order valence-electron chi connectivity index (χ0n) is 9.65. The second-order valence-corrected chi connectivity index (χ2v) is 4.56. The quantitative estimate of drug-likeness (QED) is 0.821. The molecule has 1 aromatic rings. The molecule has 0 aliphatic carbocycles. The Labute approximate surface area is 96.2 Å². The highest BCUT2D eigenvalue weighted by Crippen LogP contribution is 2.15. The predicted molar refractivity (Wildman–Crippen MR) is 64.0 cm³/mol. The number of aryl methyl sites for hydroxylation is 1. The van der Waals surface area contributed by atoms with Crippen molar-refractivity contribution in [3.63, 3.8) is 0 Å². The van der Waals surface area contributed by atoms with Crippen LogP contribution >= 0.6 is 0 Å². The van der Waals surface area contributed by atoms with E-state index in [0.29, 0.717) is 18.9 Å². The first-order valence-corrected chi connectivity index (χ1v) is 5.72. The van der Waals surface area contributed by atoms with Gasteiger partial charge < -0.3 is 10.6 Å². The molecule has 0 unspecified atom stereocenters. The number of hydrogen-bond donors (Lipinski definition) is 1. The van der Waals surface area contributed by atoms with Gasteiger partial charge >= 0.3 is 0 Å². The van der Waals surface area contributed by atoms with Crippen LogP contribution in [0.25, 0.3) is 0 Å². The maximum atomic E-state index is 11.8. The van der Waals surface area contributed by atoms with Crippen LogP contribution in [0, 0.1) is 12.8 Å². The van der Waals surface area contributed by atoms with Crippen LogP contribution in [0.5, 0.6) is 0 Å². The first-order chi connectivity index (χ1) is 7.69. The summed E-state index contributed by atoms with van der Waals surface area (Å²) in [7, 11) is 0. The topological polar surface area (TPSA) is 46.3 Å². The Morgan fingerprint density at radius 1 is 1.38 bits per heavy atom. The highest BCUT2D eigenvalue weighted by atomic mass is 16.2. The molecule has 0 spiro atoms. The SMILES string of the molecule is Cc1ccc(CC(=O)N2CC(CN)C2)cc1. The largest absolute Gasteiger partial charge is 0.342 e. The van der Waals surface area contributed by atoms with Gasteiger partial charge in [-0.15, -0.1) is 0 Å². The molecule has 1 heterocycles. The number of carbonyl (C=O) groups is 1. The molecule has 0 atom stereocenters. The van der Waals surface area contributed by atoms with Gasteiger partial charge in [-0.05, 0) is 19.0 Å². The predicted octanol–water partition coefficient (Wildman–Crippen LogP) is 0.955. The first-order valence-electron chi connectivity index (χ1n) is 5.72. The zero-order valence-corrected chi connectivity index (χ0v) is 9.65. The van der Waals surface area contributed by atoms with E-state index in [0.717, 1.165) is 18.7 Å². The molecular weight excluding hydrogens is 200 g/mol. The van der Waals surface area contributed by atoms with Crippen molar-refractivity contribution in [2.24, 2.45) is 11.7 Å². The maximum Gasteiger partial charge on any atom is 0.227 e. The van der Waals surface area contributed by atoms with Gasteiger partial charge in [-0.3, -0.25) is 4.79 Å². The van der Waals surface area contributed by atoms with Crippen LogP contribution in [-0.2, 0) is 11.2 Å². The normalized spacial score (nSPS) is 16.0. The molecule has 2 N–H and O–H groups in total. The smallest absolute Gasteiger partial charge is 0.227 e. The summed E-state index contributed by atoms with van der Waals surface area (Å²) in [6.07, 6.45) is 0.511. The van der Waals surface area contributed by atoms with Crippen LogP contribution in [0.2, 0.25) is 0 Å². The number of carbonyl (C=O) groups excluding carboxylic acids is 1. The molecule has 0 radical (unpaired) electrons. The van der Waals surface area contributed by atoms with E-state index in [9.17, 15) is 4.79 Å². The fourth-order valence-electron chi connectivity index (χ4n) is 1.91. The van der Waals surface area contributed by atoms with Crippen molar-refractivity contribution in [3.05, 3.63) is 35.4 Å². The number of likely N-dealkylation sites (tertiary alicyclic amines) is 1. The molecule has 1 aliphatic heterocycles. The van der Waals surface area contributed by atoms with Crippen molar-refractivity contribution >= 4 is 5.91 Å². The van der Waals surface area contributed by atoms with Crippen molar-refractivity contribution in [1.29, 1.82) is 0 Å². The van der Waals surface area contributed by atoms with Crippen molar-refractivity contribution in [1.82, 2.24) is 4.90 Å². The summed E-state index contributed by atoms with van der Waals surface area (Å²) < 4.78 is 0. The molecule has 0 aromatic heterocycles. The lowest BCUT2D eigenvalue weighted by Crippen LogP contribution is -2.53. The highest BCUT2D eigenvalue weighted by molar-refractivity contribution is 5.79. The summed E-state index contributed by atoms with van der Waals surface area (Å²) in [6.45, 7) is 4.41. The molecule has 2 rings (SSSR count). The van der Waals surface area contributed by atoms with Crippen molar-refractivity contribution < 1.29 is 4.79 Å². The number of rotatable bonds is 3. The third-order valence-corrected chi connectivity index (χ3v) is 3.12. The lowest BCUT2D eigenvalue weighted by molar-refractivity contribution is -0.136. The fraction of sp³-hybridized carbons (Fsp3) is 0.462. The average Bonchev–Trinajstić information content (AvgIpc) is 2.20. The summed E-state index contributed by atoms with van der Waals surface area (Å²) in [6, 6.07) is 8.13. The van der Waals surface area contributed by atoms with Gasteiger partial charge in [-0.2, -0.15) is 0 Å². The molecule has 16 heavy (non-hydrogen) atoms. The molecule has 1 aromatic carbocycles. The Bertz CT molecular complexity index is 366. The van der Waals surface area contributed by atoms with Crippen LogP contribution in [-0.4, -0.2) is 30.4 Å². The van der Waals surface area contributed by atoms with E-state index < -0.39 is 0 Å². The van der Waals surface area contributed by atoms with Gasteiger partial charge in [0.25, 0.3) is 0 Å². The van der Waals surface area contributed by atoms with E-state index in [1.807, 2.05) is 36.1 Å². The summed E-state index contributed by atoms with van der Waals surface area (Å²) in [4.78, 5) is 13.7. The van der Waals surface area contributed by atoms with Crippen molar-refractivity contribution in [2.75, 3.05) is 19.6 Å². The number of nitrogens with two attached hydrogens (primary N) is 1. The van der Waals surface area contributed by atoms with Gasteiger partial charge in [0.15, 0.2) is 0 Å². The van der Waals surface area contributed by atoms with E-state index in [1.54, 1.807) is 0 Å². The monoisotopic (exact) mass is 218 g/mol. The molecule has 1 fully saturated rings. The third-order valence-electron chi connectivity index (χ3n) is 3.12. The van der Waals surface area contributed by atoms with E-state index >= 15 is 0 Å². The van der Waals surface area contributed by atoms with Crippen molar-refractivity contribution in [3.8, 4) is 0 Å². The van der Waals surface area contributed by atoms with Crippen LogP contribution in [0.3, 0.4) is 0 Å². The van der Waals surface area contributed by atoms with Gasteiger partial charge in [0.05, 0.1) is 6.42 Å². The zero-order chi connectivity index (χ0) is 11.5. The van der Waals surface area contributed by atoms with E-state index in [-0.39, 0.29) is 5.91 Å². The second kappa shape index (κ2) is 4.66. The molecule has 1 amide bonds. The van der Waals surface area contributed by atoms with Crippen LogP contribution in [0.1, 0.15) is 11.1 Å². The molecule has 1 saturated heterocycles. The minimum absolute atomic E-state index is 0.216. The van der Waals surface area contributed by atoms with Crippen LogP contribution in [0.4, 0.5) is 0 Å². The molecule has 3 heteroatoms. The molecular formula is C13H18N2O. The number of nitrogens with zero attached hydrogens (tertiary/aromatic N) is 1. The average molecular weight is 218 g/mol.